The Morgan fingerprint density at radius 1 is 0.690 bits per heavy atom. The summed E-state index contributed by atoms with van der Waals surface area (Å²) in [7, 11) is 3.89. The smallest absolute Gasteiger partial charge is 0.252 e. The molecule has 42 heavy (non-hydrogen) atoms. The molecular weight excluding hydrogens is 524 g/mol. The fourth-order valence-electron chi connectivity index (χ4n) is 4.80. The summed E-state index contributed by atoms with van der Waals surface area (Å²) in [6.45, 7) is 21.6. The highest BCUT2D eigenvalue weighted by Gasteiger charge is 2.20. The van der Waals surface area contributed by atoms with E-state index in [1.807, 2.05) is 55.2 Å². The van der Waals surface area contributed by atoms with Gasteiger partial charge in [0.05, 0.1) is 18.2 Å². The van der Waals surface area contributed by atoms with Gasteiger partial charge in [0, 0.05) is 43.0 Å². The van der Waals surface area contributed by atoms with E-state index in [9.17, 15) is 0 Å². The second-order valence-electron chi connectivity index (χ2n) is 13.8. The lowest BCUT2D eigenvalue weighted by molar-refractivity contribution is 0.545. The molecule has 0 saturated carbocycles. The van der Waals surface area contributed by atoms with Crippen LogP contribution in [-0.2, 0) is 30.3 Å². The molecule has 0 bridgehead atoms. The zero-order valence-electron chi connectivity index (χ0n) is 27.1. The van der Waals surface area contributed by atoms with Crippen LogP contribution in [0.25, 0.3) is 28.0 Å². The van der Waals surface area contributed by atoms with Gasteiger partial charge < -0.3 is 4.57 Å². The van der Waals surface area contributed by atoms with Crippen LogP contribution < -0.4 is 0 Å². The average Bonchev–Trinajstić information content (AvgIpc) is 3.61. The SMILES string of the molecule is Cc1cc(C(C)(C)C)n2ncnc2n1.Cn1cnc2c(C(C)(C)C)ccnc21.Cn1ncc2c(C(C)(C)C)ccnc21. The molecule has 0 fully saturated rings. The van der Waals surface area contributed by atoms with Crippen molar-refractivity contribution in [2.24, 2.45) is 14.1 Å². The van der Waals surface area contributed by atoms with Gasteiger partial charge in [0.2, 0.25) is 0 Å². The zero-order valence-corrected chi connectivity index (χ0v) is 27.1. The zero-order chi connectivity index (χ0) is 31.0. The maximum absolute atomic E-state index is 4.39. The van der Waals surface area contributed by atoms with Gasteiger partial charge in [0.1, 0.15) is 11.8 Å². The van der Waals surface area contributed by atoms with Crippen molar-refractivity contribution in [1.29, 1.82) is 0 Å². The third-order valence-corrected chi connectivity index (χ3v) is 7.00. The van der Waals surface area contributed by atoms with E-state index in [1.54, 1.807) is 4.52 Å². The first-order valence-electron chi connectivity index (χ1n) is 14.2. The van der Waals surface area contributed by atoms with Crippen LogP contribution >= 0.6 is 0 Å². The van der Waals surface area contributed by atoms with Crippen LogP contribution in [0.2, 0.25) is 0 Å². The first kappa shape index (κ1) is 30.7. The molecule has 6 rings (SSSR count). The van der Waals surface area contributed by atoms with Crippen molar-refractivity contribution in [2.75, 3.05) is 0 Å². The van der Waals surface area contributed by atoms with Crippen LogP contribution in [0.15, 0.2) is 49.4 Å². The van der Waals surface area contributed by atoms with Crippen molar-refractivity contribution in [3.8, 4) is 0 Å². The van der Waals surface area contributed by atoms with Crippen LogP contribution in [0.3, 0.4) is 0 Å². The van der Waals surface area contributed by atoms with Crippen LogP contribution in [-0.4, -0.2) is 48.9 Å². The molecule has 0 saturated heterocycles. The Labute approximate surface area is 248 Å². The molecule has 0 spiro atoms. The summed E-state index contributed by atoms with van der Waals surface area (Å²) in [5, 5.41) is 9.55. The first-order chi connectivity index (χ1) is 19.5. The Bertz CT molecular complexity index is 1730. The largest absolute Gasteiger partial charge is 0.318 e. The number of imidazole rings is 1. The number of hydrogen-bond donors (Lipinski definition) is 0. The second-order valence-corrected chi connectivity index (χ2v) is 13.8. The van der Waals surface area contributed by atoms with Crippen molar-refractivity contribution in [1.82, 2.24) is 48.9 Å². The van der Waals surface area contributed by atoms with Gasteiger partial charge in [0.15, 0.2) is 11.3 Å². The maximum atomic E-state index is 4.39. The van der Waals surface area contributed by atoms with Crippen LogP contribution in [0.4, 0.5) is 0 Å². The molecule has 10 nitrogen and oxygen atoms in total. The van der Waals surface area contributed by atoms with Crippen LogP contribution in [0.5, 0.6) is 0 Å². The number of rotatable bonds is 0. The van der Waals surface area contributed by atoms with E-state index >= 15 is 0 Å². The van der Waals surface area contributed by atoms with Gasteiger partial charge in [-0.1, -0.05) is 62.3 Å². The number of nitrogens with zero attached hydrogens (tertiary/aromatic N) is 10. The quantitative estimate of drug-likeness (QED) is 0.213. The van der Waals surface area contributed by atoms with Crippen LogP contribution in [0, 0.1) is 6.92 Å². The minimum Gasteiger partial charge on any atom is -0.318 e. The lowest BCUT2D eigenvalue weighted by atomic mass is 9.86. The topological polar surface area (TPSA) is 104 Å². The van der Waals surface area contributed by atoms with Gasteiger partial charge >= 0.3 is 0 Å². The van der Waals surface area contributed by atoms with E-state index in [0.29, 0.717) is 5.78 Å². The van der Waals surface area contributed by atoms with E-state index in [2.05, 4.69) is 116 Å². The molecule has 0 amide bonds. The Morgan fingerprint density at radius 2 is 1.31 bits per heavy atom. The fourth-order valence-corrected chi connectivity index (χ4v) is 4.80. The molecule has 222 valence electrons. The molecule has 10 heteroatoms. The highest BCUT2D eigenvalue weighted by molar-refractivity contribution is 5.79. The lowest BCUT2D eigenvalue weighted by Gasteiger charge is -2.19. The number of pyridine rings is 2. The summed E-state index contributed by atoms with van der Waals surface area (Å²) in [4.78, 5) is 21.4. The summed E-state index contributed by atoms with van der Waals surface area (Å²) in [5.74, 6) is 0.676. The third kappa shape index (κ3) is 6.48. The Morgan fingerprint density at radius 3 is 1.93 bits per heavy atom. The fraction of sp³-hybridized carbons (Fsp3) is 0.469. The molecule has 6 aromatic heterocycles. The van der Waals surface area contributed by atoms with Gasteiger partial charge in [-0.25, -0.2) is 24.5 Å². The molecule has 0 radical (unpaired) electrons. The van der Waals surface area contributed by atoms with E-state index < -0.39 is 0 Å². The van der Waals surface area contributed by atoms with E-state index in [0.717, 1.165) is 33.6 Å². The van der Waals surface area contributed by atoms with E-state index in [-0.39, 0.29) is 16.2 Å². The molecule has 6 heterocycles. The number of fused-ring (bicyclic) bond motifs is 3. The lowest BCUT2D eigenvalue weighted by Crippen LogP contribution is -2.18. The van der Waals surface area contributed by atoms with Gasteiger partial charge in [-0.2, -0.15) is 15.2 Å². The monoisotopic (exact) mass is 568 g/mol. The van der Waals surface area contributed by atoms with Crippen molar-refractivity contribution < 1.29 is 0 Å². The molecule has 0 aliphatic rings. The highest BCUT2D eigenvalue weighted by Crippen LogP contribution is 2.29. The molecular formula is C32H44N10. The standard InChI is InChI=1S/2C11H15N3.C10H14N4/c1-11(2,3)9-5-6-12-10-8(9)7-13-14(10)4;1-11(2,3)8-5-6-12-10-9(8)13-7-14(10)4;1-7-5-8(10(2,3)4)14-9(13-7)11-6-12-14/h2*5-7H,1-4H3;5-6H,1-4H3. The molecule has 0 aliphatic carbocycles. The maximum Gasteiger partial charge on any atom is 0.252 e. The Kier molecular flexibility index (Phi) is 8.22. The van der Waals surface area contributed by atoms with Crippen LogP contribution in [0.1, 0.15) is 84.8 Å². The molecule has 0 unspecified atom stereocenters. The molecule has 0 aliphatic heterocycles. The van der Waals surface area contributed by atoms with Crippen molar-refractivity contribution in [3.63, 3.8) is 0 Å². The summed E-state index contributed by atoms with van der Waals surface area (Å²) in [6, 6.07) is 6.18. The minimum atomic E-state index is 0.0552. The van der Waals surface area contributed by atoms with Crippen molar-refractivity contribution in [2.45, 2.75) is 85.5 Å². The van der Waals surface area contributed by atoms with Crippen molar-refractivity contribution >= 4 is 28.0 Å². The summed E-state index contributed by atoms with van der Waals surface area (Å²) in [5.41, 5.74) is 7.92. The Hall–Kier alpha value is -4.21. The van der Waals surface area contributed by atoms with E-state index in [4.69, 9.17) is 0 Å². The van der Waals surface area contributed by atoms with Gasteiger partial charge in [-0.3, -0.25) is 4.68 Å². The summed E-state index contributed by atoms with van der Waals surface area (Å²) >= 11 is 0. The van der Waals surface area contributed by atoms with Crippen molar-refractivity contribution in [3.05, 3.63) is 72.0 Å². The summed E-state index contributed by atoms with van der Waals surface area (Å²) < 4.78 is 5.56. The normalized spacial score (nSPS) is 12.3. The molecule has 0 atom stereocenters. The Balaban J connectivity index is 0.000000145. The van der Waals surface area contributed by atoms with Gasteiger partial charge in [-0.15, -0.1) is 0 Å². The minimum absolute atomic E-state index is 0.0552. The molecule has 0 N–H and O–H groups in total. The number of aryl methyl sites for hydroxylation is 3. The summed E-state index contributed by atoms with van der Waals surface area (Å²) in [6.07, 6.45) is 8.95. The average molecular weight is 569 g/mol. The number of aromatic nitrogens is 10. The van der Waals surface area contributed by atoms with Gasteiger partial charge in [0.25, 0.3) is 5.78 Å². The van der Waals surface area contributed by atoms with Gasteiger partial charge in [-0.05, 0) is 47.1 Å². The predicted molar refractivity (Wildman–Crippen MR) is 169 cm³/mol. The molecule has 0 aromatic carbocycles. The molecule has 6 aromatic rings. The second kappa shape index (κ2) is 11.2. The predicted octanol–water partition coefficient (Wildman–Crippen LogP) is 6.26. The first-order valence-corrected chi connectivity index (χ1v) is 14.2. The van der Waals surface area contributed by atoms with E-state index in [1.165, 1.54) is 17.5 Å². The number of hydrogen-bond acceptors (Lipinski definition) is 7. The third-order valence-electron chi connectivity index (χ3n) is 7.00. The highest BCUT2D eigenvalue weighted by atomic mass is 15.3.